The maximum atomic E-state index is 13.6. The highest BCUT2D eigenvalue weighted by Crippen LogP contribution is 2.44. The number of hydrazine groups is 1. The number of hydrogen-bond acceptors (Lipinski definition) is 23. The van der Waals surface area contributed by atoms with Crippen molar-refractivity contribution >= 4 is 51.2 Å². The Hall–Kier alpha value is -3.28. The lowest BCUT2D eigenvalue weighted by Gasteiger charge is -2.18. The molecule has 3 heterocycles. The van der Waals surface area contributed by atoms with E-state index in [0.29, 0.717) is 127 Å². The fourth-order valence-electron chi connectivity index (χ4n) is 5.85. The molecule has 30 heteroatoms. The predicted molar refractivity (Wildman–Crippen MR) is 241 cm³/mol. The molecule has 1 aliphatic heterocycles. The Bertz CT molecular complexity index is 1960. The molecule has 9 N–H and O–H groups in total. The zero-order valence-electron chi connectivity index (χ0n) is 37.6. The van der Waals surface area contributed by atoms with Gasteiger partial charge in [-0.05, 0) is 11.6 Å². The summed E-state index contributed by atoms with van der Waals surface area (Å²) < 4.78 is 101. The van der Waals surface area contributed by atoms with Crippen LogP contribution in [-0.2, 0) is 52.0 Å². The Morgan fingerprint density at radius 3 is 2.04 bits per heavy atom. The number of carbonyl (C=O) groups excluding carboxylic acids is 1. The van der Waals surface area contributed by atoms with E-state index < -0.39 is 64.4 Å². The number of anilines is 1. The first-order chi connectivity index (χ1) is 33.3. The Kier molecular flexibility index (Phi) is 28.2. The largest absolute Gasteiger partial charge is 0.420 e. The second-order valence-corrected chi connectivity index (χ2v) is 17.6. The Labute approximate surface area is 402 Å². The van der Waals surface area contributed by atoms with Gasteiger partial charge in [-0.15, -0.1) is 0 Å². The third-order valence-corrected chi connectivity index (χ3v) is 11.6. The zero-order valence-corrected chi connectivity index (χ0v) is 40.1. The number of esters is 1. The summed E-state index contributed by atoms with van der Waals surface area (Å²) in [5.41, 5.74) is 6.79. The molecule has 1 fully saturated rings. The maximum Gasteiger partial charge on any atom is 0.313 e. The third kappa shape index (κ3) is 23.2. The molecule has 3 aromatic rings. The number of carbonyl (C=O) groups is 1. The molecule has 4 unspecified atom stereocenters. The minimum atomic E-state index is -2.30. The number of nitrogens with one attached hydrogen (secondary N) is 1. The van der Waals surface area contributed by atoms with Crippen molar-refractivity contribution in [3.8, 4) is 5.75 Å². The van der Waals surface area contributed by atoms with Crippen LogP contribution in [0.1, 0.15) is 19.1 Å². The van der Waals surface area contributed by atoms with Crippen molar-refractivity contribution in [1.82, 2.24) is 24.8 Å². The van der Waals surface area contributed by atoms with E-state index >= 15 is 0 Å². The number of fused-ring (bicyclic) bond motifs is 1. The quantitative estimate of drug-likeness (QED) is 0.00816. The topological polar surface area (TPSA) is 310 Å². The van der Waals surface area contributed by atoms with Crippen LogP contribution >= 0.6 is 28.4 Å². The molecule has 0 amide bonds. The van der Waals surface area contributed by atoms with E-state index in [4.69, 9.17) is 80.1 Å². The van der Waals surface area contributed by atoms with Crippen LogP contribution in [-0.4, -0.2) is 194 Å². The van der Waals surface area contributed by atoms with Gasteiger partial charge in [-0.1, -0.05) is 0 Å². The van der Waals surface area contributed by atoms with Crippen molar-refractivity contribution in [2.75, 3.05) is 137 Å². The molecule has 0 aliphatic carbocycles. The van der Waals surface area contributed by atoms with Gasteiger partial charge in [0.15, 0.2) is 40.3 Å². The number of nitrogens with zero attached hydrogens (tertiary/aromatic N) is 5. The first-order valence-corrected chi connectivity index (χ1v) is 24.7. The van der Waals surface area contributed by atoms with Crippen LogP contribution in [0.4, 0.5) is 19.0 Å². The van der Waals surface area contributed by atoms with Crippen LogP contribution < -0.4 is 21.6 Å². The number of aliphatic hydroxyl groups excluding tert-OH is 1. The molecule has 0 saturated carbocycles. The number of halogens is 4. The van der Waals surface area contributed by atoms with Crippen molar-refractivity contribution in [1.29, 1.82) is 0 Å². The molecule has 4 atom stereocenters. The Morgan fingerprint density at radius 1 is 0.870 bits per heavy atom. The van der Waals surface area contributed by atoms with Gasteiger partial charge in [0.2, 0.25) is 11.0 Å². The fourth-order valence-corrected chi connectivity index (χ4v) is 7.53. The van der Waals surface area contributed by atoms with Crippen LogP contribution in [0, 0.1) is 17.5 Å². The molecule has 0 spiro atoms. The van der Waals surface area contributed by atoms with Gasteiger partial charge >= 0.3 is 5.97 Å². The standard InChI is InChI=1S/C39H60ClF3N8O16P2/c40-39-48-37(29-22-47-51(38(29)49-39)34-21-32(52)33(66-34)25-65-69(56)26-68(54)55)46-2-5-58-8-11-61-15-16-63-17-18-64-24-28(44)23-50(45)3-6-59-9-12-62-14-13-60-10-7-57-4-1-35(53)67-36-30(42)19-27(41)20-31(36)43/h19-20,22-23,32-34,52,54-56H,1-18,21,24-26,44-45H2,(H,46,48,49)/b28-23-. The normalized spacial score (nSPS) is 16.8. The van der Waals surface area contributed by atoms with E-state index in [1.165, 1.54) is 9.69 Å². The van der Waals surface area contributed by atoms with E-state index in [1.54, 1.807) is 12.4 Å². The minimum Gasteiger partial charge on any atom is -0.420 e. The second kappa shape index (κ2) is 33.4. The summed E-state index contributed by atoms with van der Waals surface area (Å²) in [5, 5.41) is 20.0. The molecule has 0 radical (unpaired) electrons. The highest BCUT2D eigenvalue weighted by molar-refractivity contribution is 7.63. The van der Waals surface area contributed by atoms with Crippen LogP contribution in [0.5, 0.6) is 5.75 Å². The molecule has 2 aromatic heterocycles. The number of rotatable bonds is 38. The summed E-state index contributed by atoms with van der Waals surface area (Å²) in [4.78, 5) is 48.2. The van der Waals surface area contributed by atoms with E-state index in [1.807, 2.05) is 0 Å². The Balaban J connectivity index is 0.897. The van der Waals surface area contributed by atoms with Gasteiger partial charge in [-0.2, -0.15) is 15.1 Å². The first kappa shape index (κ1) is 58.3. The molecule has 4 rings (SSSR count). The van der Waals surface area contributed by atoms with Gasteiger partial charge in [-0.3, -0.25) is 4.79 Å². The monoisotopic (exact) mass is 1050 g/mol. The van der Waals surface area contributed by atoms with Crippen LogP contribution in [0.15, 0.2) is 30.2 Å². The molecule has 390 valence electrons. The van der Waals surface area contributed by atoms with Crippen molar-refractivity contribution in [3.63, 3.8) is 0 Å². The van der Waals surface area contributed by atoms with E-state index in [-0.39, 0.29) is 57.1 Å². The molecule has 1 saturated heterocycles. The number of aromatic nitrogens is 4. The van der Waals surface area contributed by atoms with Crippen LogP contribution in [0.2, 0.25) is 5.28 Å². The van der Waals surface area contributed by atoms with Crippen LogP contribution in [0.25, 0.3) is 11.0 Å². The van der Waals surface area contributed by atoms with Gasteiger partial charge in [0.1, 0.15) is 17.7 Å². The van der Waals surface area contributed by atoms with Gasteiger partial charge in [-0.25, -0.2) is 23.7 Å². The highest BCUT2D eigenvalue weighted by atomic mass is 35.5. The first-order valence-electron chi connectivity index (χ1n) is 21.5. The third-order valence-electron chi connectivity index (χ3n) is 9.03. The van der Waals surface area contributed by atoms with Gasteiger partial charge < -0.3 is 87.7 Å². The summed E-state index contributed by atoms with van der Waals surface area (Å²) in [5.74, 6) is 0.449. The number of benzene rings is 1. The molecule has 1 aliphatic rings. The summed E-state index contributed by atoms with van der Waals surface area (Å²) in [6.07, 6.45) is 0.618. The zero-order chi connectivity index (χ0) is 49.8. The summed E-state index contributed by atoms with van der Waals surface area (Å²) in [6, 6.07) is 0.827. The average molecular weight is 1050 g/mol. The van der Waals surface area contributed by atoms with Gasteiger partial charge in [0, 0.05) is 31.3 Å². The van der Waals surface area contributed by atoms with E-state index in [9.17, 15) is 28.0 Å². The summed E-state index contributed by atoms with van der Waals surface area (Å²) in [7, 11) is -4.37. The molecule has 1 aromatic carbocycles. The van der Waals surface area contributed by atoms with Crippen LogP contribution in [0.3, 0.4) is 0 Å². The van der Waals surface area contributed by atoms with Crippen molar-refractivity contribution in [3.05, 3.63) is 53.0 Å². The molecule has 69 heavy (non-hydrogen) atoms. The highest BCUT2D eigenvalue weighted by Gasteiger charge is 2.37. The Morgan fingerprint density at radius 2 is 1.43 bits per heavy atom. The molecule has 24 nitrogen and oxygen atoms in total. The maximum absolute atomic E-state index is 13.6. The summed E-state index contributed by atoms with van der Waals surface area (Å²) >= 11 is 6.21. The molecule has 0 bridgehead atoms. The van der Waals surface area contributed by atoms with Crippen molar-refractivity contribution in [2.24, 2.45) is 11.6 Å². The van der Waals surface area contributed by atoms with Crippen molar-refractivity contribution in [2.45, 2.75) is 31.3 Å². The second-order valence-electron chi connectivity index (χ2n) is 14.4. The SMILES string of the molecule is N/C(=C\N(N)CCOCCOCCOCCOCCC(=O)Oc1c(F)cc(F)cc1F)COCCOCCOCCOCCNc1nc(Cl)nc2c1cnn2C1CC(O)C(COP(O)CP(O)O)O1. The average Bonchev–Trinajstić information content (AvgIpc) is 3.89. The lowest BCUT2D eigenvalue weighted by molar-refractivity contribution is -0.136. The summed E-state index contributed by atoms with van der Waals surface area (Å²) in [6.45, 7) is 5.18. The lowest BCUT2D eigenvalue weighted by atomic mass is 10.2. The van der Waals surface area contributed by atoms with E-state index in [2.05, 4.69) is 25.1 Å². The minimum absolute atomic E-state index is 0.0259. The number of nitrogens with two attached hydrogens (primary N) is 2. The molecular weight excluding hydrogens is 991 g/mol. The van der Waals surface area contributed by atoms with Gasteiger partial charge in [0.05, 0.1) is 155 Å². The number of ether oxygens (including phenoxy) is 10. The fraction of sp³-hybridized carbons (Fsp3) is 0.641. The smallest absolute Gasteiger partial charge is 0.313 e. The lowest BCUT2D eigenvalue weighted by Crippen LogP contribution is -2.31. The van der Waals surface area contributed by atoms with Gasteiger partial charge in [0.25, 0.3) is 0 Å². The van der Waals surface area contributed by atoms with Crippen molar-refractivity contribution < 1.29 is 89.6 Å². The van der Waals surface area contributed by atoms with E-state index in [0.717, 1.165) is 0 Å². The number of hydrogen-bond donors (Lipinski definition) is 7. The predicted octanol–water partition coefficient (Wildman–Crippen LogP) is 1.64. The number of aliphatic hydroxyl groups is 1. The molecular formula is C39H60ClF3N8O16P2.